The summed E-state index contributed by atoms with van der Waals surface area (Å²) in [7, 11) is 0. The average molecular weight is 350 g/mol. The van der Waals surface area contributed by atoms with Gasteiger partial charge in [0.2, 0.25) is 5.91 Å². The van der Waals surface area contributed by atoms with Crippen molar-refractivity contribution >= 4 is 11.6 Å². The van der Waals surface area contributed by atoms with Crippen LogP contribution in [-0.2, 0) is 22.5 Å². The molecule has 1 fully saturated rings. The van der Waals surface area contributed by atoms with Crippen molar-refractivity contribution in [2.45, 2.75) is 31.9 Å². The normalized spacial score (nSPS) is 19.1. The lowest BCUT2D eigenvalue weighted by atomic mass is 10.1. The van der Waals surface area contributed by atoms with Crippen LogP contribution in [0.1, 0.15) is 24.0 Å². The Balaban J connectivity index is 1.46. The lowest BCUT2D eigenvalue weighted by molar-refractivity contribution is -0.120. The SMILES string of the molecule is O=C(CN(Cc1ccccc1)CC1CCCO1)N1CCc2ccccc21. The first kappa shape index (κ1) is 17.3. The van der Waals surface area contributed by atoms with Crippen LogP contribution in [0.15, 0.2) is 54.6 Å². The molecular weight excluding hydrogens is 324 g/mol. The van der Waals surface area contributed by atoms with Gasteiger partial charge in [-0.3, -0.25) is 9.69 Å². The number of rotatable bonds is 6. The van der Waals surface area contributed by atoms with Crippen LogP contribution in [0.3, 0.4) is 0 Å². The fraction of sp³-hybridized carbons (Fsp3) is 0.409. The number of ether oxygens (including phenoxy) is 1. The van der Waals surface area contributed by atoms with E-state index in [-0.39, 0.29) is 12.0 Å². The topological polar surface area (TPSA) is 32.8 Å². The molecule has 4 rings (SSSR count). The van der Waals surface area contributed by atoms with E-state index in [1.807, 2.05) is 23.1 Å². The van der Waals surface area contributed by atoms with Crippen LogP contribution < -0.4 is 4.90 Å². The van der Waals surface area contributed by atoms with Crippen molar-refractivity contribution in [3.05, 3.63) is 65.7 Å². The molecule has 2 aliphatic rings. The van der Waals surface area contributed by atoms with E-state index in [1.165, 1.54) is 11.1 Å². The summed E-state index contributed by atoms with van der Waals surface area (Å²) < 4.78 is 5.82. The molecule has 2 aromatic rings. The fourth-order valence-electron chi connectivity index (χ4n) is 3.98. The fourth-order valence-corrected chi connectivity index (χ4v) is 3.98. The van der Waals surface area contributed by atoms with E-state index in [0.717, 1.165) is 51.2 Å². The molecule has 1 amide bonds. The minimum absolute atomic E-state index is 0.184. The lowest BCUT2D eigenvalue weighted by Crippen LogP contribution is -2.42. The molecular formula is C22H26N2O2. The maximum Gasteiger partial charge on any atom is 0.241 e. The zero-order valence-electron chi connectivity index (χ0n) is 15.1. The molecule has 1 saturated heterocycles. The van der Waals surface area contributed by atoms with E-state index in [0.29, 0.717) is 6.54 Å². The standard InChI is InChI=1S/C22H26N2O2/c25-22(24-13-12-19-9-4-5-11-21(19)24)17-23(16-20-10-6-14-26-20)15-18-7-2-1-3-8-18/h1-5,7-9,11,20H,6,10,12-17H2. The van der Waals surface area contributed by atoms with Gasteiger partial charge in [0.15, 0.2) is 0 Å². The highest BCUT2D eigenvalue weighted by Crippen LogP contribution is 2.27. The number of hydrogen-bond acceptors (Lipinski definition) is 3. The van der Waals surface area contributed by atoms with Crippen LogP contribution in [0.25, 0.3) is 0 Å². The highest BCUT2D eigenvalue weighted by molar-refractivity contribution is 5.96. The number of hydrogen-bond donors (Lipinski definition) is 0. The van der Waals surface area contributed by atoms with Gasteiger partial charge in [-0.25, -0.2) is 0 Å². The molecule has 0 saturated carbocycles. The Hall–Kier alpha value is -2.17. The summed E-state index contributed by atoms with van der Waals surface area (Å²) in [4.78, 5) is 17.2. The van der Waals surface area contributed by atoms with Gasteiger partial charge in [-0.15, -0.1) is 0 Å². The predicted molar refractivity (Wildman–Crippen MR) is 103 cm³/mol. The van der Waals surface area contributed by atoms with Crippen molar-refractivity contribution < 1.29 is 9.53 Å². The Morgan fingerprint density at radius 1 is 1.12 bits per heavy atom. The zero-order chi connectivity index (χ0) is 17.8. The first-order valence-electron chi connectivity index (χ1n) is 9.56. The third-order valence-corrected chi connectivity index (χ3v) is 5.28. The minimum atomic E-state index is 0.184. The van der Waals surface area contributed by atoms with Crippen molar-refractivity contribution in [2.24, 2.45) is 0 Å². The number of nitrogens with zero attached hydrogens (tertiary/aromatic N) is 2. The van der Waals surface area contributed by atoms with E-state index in [4.69, 9.17) is 4.74 Å². The van der Waals surface area contributed by atoms with Crippen molar-refractivity contribution in [2.75, 3.05) is 31.1 Å². The van der Waals surface area contributed by atoms with Gasteiger partial charge in [-0.2, -0.15) is 0 Å². The summed E-state index contributed by atoms with van der Waals surface area (Å²) in [5, 5.41) is 0. The third kappa shape index (κ3) is 3.97. The van der Waals surface area contributed by atoms with Crippen molar-refractivity contribution in [3.63, 3.8) is 0 Å². The van der Waals surface area contributed by atoms with Crippen LogP contribution in [0.4, 0.5) is 5.69 Å². The Labute approximate surface area is 155 Å². The van der Waals surface area contributed by atoms with Crippen LogP contribution in [0, 0.1) is 0 Å². The van der Waals surface area contributed by atoms with Gasteiger partial charge < -0.3 is 9.64 Å². The van der Waals surface area contributed by atoms with Crippen molar-refractivity contribution in [3.8, 4) is 0 Å². The molecule has 0 radical (unpaired) electrons. The van der Waals surface area contributed by atoms with E-state index in [9.17, 15) is 4.79 Å². The molecule has 0 N–H and O–H groups in total. The summed E-state index contributed by atoms with van der Waals surface area (Å²) in [6, 6.07) is 18.6. The lowest BCUT2D eigenvalue weighted by Gasteiger charge is -2.27. The number of carbonyl (C=O) groups is 1. The van der Waals surface area contributed by atoms with Crippen LogP contribution >= 0.6 is 0 Å². The summed E-state index contributed by atoms with van der Waals surface area (Å²) in [6.45, 7) is 3.66. The van der Waals surface area contributed by atoms with Crippen LogP contribution in [0.2, 0.25) is 0 Å². The first-order valence-corrected chi connectivity index (χ1v) is 9.56. The molecule has 2 aliphatic heterocycles. The van der Waals surface area contributed by atoms with E-state index >= 15 is 0 Å². The highest BCUT2D eigenvalue weighted by atomic mass is 16.5. The maximum absolute atomic E-state index is 13.0. The van der Waals surface area contributed by atoms with E-state index < -0.39 is 0 Å². The van der Waals surface area contributed by atoms with Gasteiger partial charge in [-0.1, -0.05) is 48.5 Å². The Morgan fingerprint density at radius 3 is 2.73 bits per heavy atom. The predicted octanol–water partition coefficient (Wildman–Crippen LogP) is 3.26. The highest BCUT2D eigenvalue weighted by Gasteiger charge is 2.27. The number of fused-ring (bicyclic) bond motifs is 1. The molecule has 1 atom stereocenters. The molecule has 4 heteroatoms. The van der Waals surface area contributed by atoms with Crippen molar-refractivity contribution in [1.82, 2.24) is 4.90 Å². The number of para-hydroxylation sites is 1. The number of benzene rings is 2. The zero-order valence-corrected chi connectivity index (χ0v) is 15.1. The third-order valence-electron chi connectivity index (χ3n) is 5.28. The van der Waals surface area contributed by atoms with Gasteiger partial charge >= 0.3 is 0 Å². The molecule has 2 heterocycles. The Morgan fingerprint density at radius 2 is 1.92 bits per heavy atom. The monoisotopic (exact) mass is 350 g/mol. The second kappa shape index (κ2) is 8.02. The van der Waals surface area contributed by atoms with Gasteiger partial charge in [0, 0.05) is 31.9 Å². The Bertz CT molecular complexity index is 741. The second-order valence-corrected chi connectivity index (χ2v) is 7.21. The largest absolute Gasteiger partial charge is 0.377 e. The van der Waals surface area contributed by atoms with Gasteiger partial charge in [0.05, 0.1) is 12.6 Å². The molecule has 0 aliphatic carbocycles. The van der Waals surface area contributed by atoms with E-state index in [2.05, 4.69) is 41.3 Å². The molecule has 1 unspecified atom stereocenters. The number of anilines is 1. The summed E-state index contributed by atoms with van der Waals surface area (Å²) >= 11 is 0. The molecule has 136 valence electrons. The van der Waals surface area contributed by atoms with Crippen LogP contribution in [0.5, 0.6) is 0 Å². The average Bonchev–Trinajstić information content (AvgIpc) is 3.32. The number of amides is 1. The smallest absolute Gasteiger partial charge is 0.241 e. The molecule has 0 aromatic heterocycles. The van der Waals surface area contributed by atoms with Gasteiger partial charge in [0.25, 0.3) is 0 Å². The van der Waals surface area contributed by atoms with E-state index in [1.54, 1.807) is 0 Å². The number of carbonyl (C=O) groups excluding carboxylic acids is 1. The maximum atomic E-state index is 13.0. The minimum Gasteiger partial charge on any atom is -0.377 e. The molecule has 0 spiro atoms. The van der Waals surface area contributed by atoms with Crippen LogP contribution in [-0.4, -0.2) is 43.2 Å². The molecule has 2 aromatic carbocycles. The molecule has 0 bridgehead atoms. The summed E-state index contributed by atoms with van der Waals surface area (Å²) in [5.41, 5.74) is 3.59. The van der Waals surface area contributed by atoms with Gasteiger partial charge in [-0.05, 0) is 36.5 Å². The van der Waals surface area contributed by atoms with Crippen molar-refractivity contribution in [1.29, 1.82) is 0 Å². The summed E-state index contributed by atoms with van der Waals surface area (Å²) in [6.07, 6.45) is 3.41. The molecule has 26 heavy (non-hydrogen) atoms. The quantitative estimate of drug-likeness (QED) is 0.802. The molecule has 4 nitrogen and oxygen atoms in total. The first-order chi connectivity index (χ1) is 12.8. The summed E-state index contributed by atoms with van der Waals surface area (Å²) in [5.74, 6) is 0.184. The van der Waals surface area contributed by atoms with Gasteiger partial charge in [0.1, 0.15) is 0 Å². The Kier molecular flexibility index (Phi) is 5.32. The second-order valence-electron chi connectivity index (χ2n) is 7.21.